The van der Waals surface area contributed by atoms with Crippen LogP contribution in [0, 0.1) is 17.8 Å². The van der Waals surface area contributed by atoms with Crippen LogP contribution in [0.25, 0.3) is 0 Å². The van der Waals surface area contributed by atoms with E-state index in [4.69, 9.17) is 0 Å². The maximum Gasteiger partial charge on any atom is 0.307 e. The molecule has 1 amide bonds. The summed E-state index contributed by atoms with van der Waals surface area (Å²) in [6.07, 6.45) is 2.23. The minimum Gasteiger partial charge on any atom is -0.481 e. The summed E-state index contributed by atoms with van der Waals surface area (Å²) in [4.78, 5) is 23.8. The van der Waals surface area contributed by atoms with Crippen LogP contribution in [0.5, 0.6) is 0 Å². The minimum absolute atomic E-state index is 0.103. The number of carbonyl (C=O) groups is 2. The van der Waals surface area contributed by atoms with E-state index in [9.17, 15) is 14.7 Å². The summed E-state index contributed by atoms with van der Waals surface area (Å²) in [6, 6.07) is 9.61. The molecule has 4 atom stereocenters. The third-order valence-electron chi connectivity index (χ3n) is 4.55. The van der Waals surface area contributed by atoms with Gasteiger partial charge in [0.25, 0.3) is 0 Å². The van der Waals surface area contributed by atoms with Crippen molar-refractivity contribution in [1.82, 2.24) is 5.32 Å². The molecular weight excluding hydrogens is 266 g/mol. The standard InChI is InChI=1S/C17H23NO3/c1-3-12-9-14(15(10-12)17(20)21)16(19)18-11(2)13-7-5-4-6-8-13/h4-8,11-12,14-15H,3,9-10H2,1-2H3,(H,18,19)(H,20,21)/t11-,12?,14-,15+/m0/s1. The van der Waals surface area contributed by atoms with Gasteiger partial charge in [0.15, 0.2) is 0 Å². The fourth-order valence-electron chi connectivity index (χ4n) is 3.18. The maximum absolute atomic E-state index is 12.4. The number of carboxylic acids is 1. The van der Waals surface area contributed by atoms with E-state index in [0.717, 1.165) is 12.0 Å². The largest absolute Gasteiger partial charge is 0.481 e. The van der Waals surface area contributed by atoms with E-state index in [0.29, 0.717) is 18.8 Å². The second-order valence-corrected chi connectivity index (χ2v) is 5.94. The number of rotatable bonds is 5. The summed E-state index contributed by atoms with van der Waals surface area (Å²) in [5, 5.41) is 12.3. The summed E-state index contributed by atoms with van der Waals surface area (Å²) in [6.45, 7) is 3.98. The van der Waals surface area contributed by atoms with E-state index in [1.165, 1.54) is 0 Å². The molecule has 1 unspecified atom stereocenters. The molecule has 1 saturated carbocycles. The number of amides is 1. The van der Waals surface area contributed by atoms with Crippen molar-refractivity contribution in [3.63, 3.8) is 0 Å². The fraction of sp³-hybridized carbons (Fsp3) is 0.529. The van der Waals surface area contributed by atoms with Gasteiger partial charge in [0.05, 0.1) is 17.9 Å². The molecule has 114 valence electrons. The molecule has 1 aliphatic carbocycles. The third-order valence-corrected chi connectivity index (χ3v) is 4.55. The van der Waals surface area contributed by atoms with Crippen LogP contribution in [-0.2, 0) is 9.59 Å². The topological polar surface area (TPSA) is 66.4 Å². The normalized spacial score (nSPS) is 26.3. The Hall–Kier alpha value is -1.84. The van der Waals surface area contributed by atoms with Gasteiger partial charge in [-0.15, -0.1) is 0 Å². The van der Waals surface area contributed by atoms with Gasteiger partial charge in [-0.3, -0.25) is 9.59 Å². The third kappa shape index (κ3) is 3.63. The van der Waals surface area contributed by atoms with Crippen molar-refractivity contribution >= 4 is 11.9 Å². The van der Waals surface area contributed by atoms with Crippen LogP contribution in [-0.4, -0.2) is 17.0 Å². The number of hydrogen-bond donors (Lipinski definition) is 2. The van der Waals surface area contributed by atoms with E-state index in [-0.39, 0.29) is 11.9 Å². The summed E-state index contributed by atoms with van der Waals surface area (Å²) < 4.78 is 0. The molecule has 21 heavy (non-hydrogen) atoms. The van der Waals surface area contributed by atoms with Gasteiger partial charge in [-0.25, -0.2) is 0 Å². The van der Waals surface area contributed by atoms with Crippen LogP contribution < -0.4 is 5.32 Å². The predicted octanol–water partition coefficient (Wildman–Crippen LogP) is 3.00. The van der Waals surface area contributed by atoms with Crippen LogP contribution in [0.2, 0.25) is 0 Å². The number of benzene rings is 1. The minimum atomic E-state index is -0.849. The van der Waals surface area contributed by atoms with Crippen molar-refractivity contribution in [2.24, 2.45) is 17.8 Å². The lowest BCUT2D eigenvalue weighted by Gasteiger charge is -2.20. The van der Waals surface area contributed by atoms with Crippen molar-refractivity contribution in [3.05, 3.63) is 35.9 Å². The van der Waals surface area contributed by atoms with Gasteiger partial charge in [-0.1, -0.05) is 43.7 Å². The highest BCUT2D eigenvalue weighted by atomic mass is 16.4. The highest BCUT2D eigenvalue weighted by molar-refractivity contribution is 5.85. The first-order valence-electron chi connectivity index (χ1n) is 7.61. The Morgan fingerprint density at radius 3 is 2.43 bits per heavy atom. The number of carbonyl (C=O) groups excluding carboxylic acids is 1. The highest BCUT2D eigenvalue weighted by Crippen LogP contribution is 2.38. The van der Waals surface area contributed by atoms with E-state index in [2.05, 4.69) is 12.2 Å². The van der Waals surface area contributed by atoms with E-state index in [1.807, 2.05) is 37.3 Å². The number of nitrogens with one attached hydrogen (secondary N) is 1. The van der Waals surface area contributed by atoms with Gasteiger partial charge in [0, 0.05) is 0 Å². The molecule has 1 aromatic rings. The molecule has 4 nitrogen and oxygen atoms in total. The summed E-state index contributed by atoms with van der Waals surface area (Å²) in [5.74, 6) is -1.58. The Kier molecular flexibility index (Phi) is 4.99. The van der Waals surface area contributed by atoms with Crippen LogP contribution in [0.3, 0.4) is 0 Å². The molecule has 1 aliphatic rings. The van der Waals surface area contributed by atoms with Crippen LogP contribution in [0.4, 0.5) is 0 Å². The first-order chi connectivity index (χ1) is 10.0. The van der Waals surface area contributed by atoms with Gasteiger partial charge < -0.3 is 10.4 Å². The second kappa shape index (κ2) is 6.74. The number of aliphatic carboxylic acids is 1. The number of hydrogen-bond acceptors (Lipinski definition) is 2. The molecule has 0 radical (unpaired) electrons. The Morgan fingerprint density at radius 1 is 1.24 bits per heavy atom. The number of carboxylic acid groups (broad SMARTS) is 1. The van der Waals surface area contributed by atoms with E-state index < -0.39 is 17.8 Å². The van der Waals surface area contributed by atoms with Crippen LogP contribution in [0.1, 0.15) is 44.7 Å². The molecule has 1 aromatic carbocycles. The van der Waals surface area contributed by atoms with Gasteiger partial charge in [-0.2, -0.15) is 0 Å². The summed E-state index contributed by atoms with van der Waals surface area (Å²) >= 11 is 0. The van der Waals surface area contributed by atoms with Crippen molar-refractivity contribution in [1.29, 1.82) is 0 Å². The maximum atomic E-state index is 12.4. The molecule has 0 heterocycles. The lowest BCUT2D eigenvalue weighted by molar-refractivity contribution is -0.146. The first kappa shape index (κ1) is 15.5. The Balaban J connectivity index is 2.03. The van der Waals surface area contributed by atoms with Gasteiger partial charge in [0.1, 0.15) is 0 Å². The van der Waals surface area contributed by atoms with Crippen molar-refractivity contribution in [2.75, 3.05) is 0 Å². The molecule has 0 aromatic heterocycles. The lowest BCUT2D eigenvalue weighted by atomic mass is 9.94. The van der Waals surface area contributed by atoms with Crippen molar-refractivity contribution in [3.8, 4) is 0 Å². The second-order valence-electron chi connectivity index (χ2n) is 5.94. The van der Waals surface area contributed by atoms with Crippen LogP contribution >= 0.6 is 0 Å². The molecule has 4 heteroatoms. The van der Waals surface area contributed by atoms with Gasteiger partial charge >= 0.3 is 5.97 Å². The molecule has 2 N–H and O–H groups in total. The Bertz CT molecular complexity index is 500. The lowest BCUT2D eigenvalue weighted by Crippen LogP contribution is -2.36. The van der Waals surface area contributed by atoms with Crippen molar-refractivity contribution < 1.29 is 14.7 Å². The molecule has 2 rings (SSSR count). The zero-order chi connectivity index (χ0) is 15.4. The monoisotopic (exact) mass is 289 g/mol. The highest BCUT2D eigenvalue weighted by Gasteiger charge is 2.42. The molecule has 1 fully saturated rings. The summed E-state index contributed by atoms with van der Waals surface area (Å²) in [7, 11) is 0. The molecular formula is C17H23NO3. The van der Waals surface area contributed by atoms with Crippen LogP contribution in [0.15, 0.2) is 30.3 Å². The average Bonchev–Trinajstić information content (AvgIpc) is 2.92. The fourth-order valence-corrected chi connectivity index (χ4v) is 3.18. The predicted molar refractivity (Wildman–Crippen MR) is 80.6 cm³/mol. The van der Waals surface area contributed by atoms with Gasteiger partial charge in [-0.05, 0) is 31.2 Å². The molecule has 0 aliphatic heterocycles. The Morgan fingerprint density at radius 2 is 1.86 bits per heavy atom. The zero-order valence-electron chi connectivity index (χ0n) is 12.6. The molecule has 0 spiro atoms. The molecule has 0 bridgehead atoms. The van der Waals surface area contributed by atoms with E-state index >= 15 is 0 Å². The Labute approximate surface area is 125 Å². The summed E-state index contributed by atoms with van der Waals surface area (Å²) in [5.41, 5.74) is 1.03. The SMILES string of the molecule is CCC1C[C@H](C(=O)N[C@@H](C)c2ccccc2)[C@H](C(=O)O)C1. The molecule has 0 saturated heterocycles. The van der Waals surface area contributed by atoms with Crippen molar-refractivity contribution in [2.45, 2.75) is 39.2 Å². The van der Waals surface area contributed by atoms with Gasteiger partial charge in [0.2, 0.25) is 5.91 Å². The average molecular weight is 289 g/mol. The first-order valence-corrected chi connectivity index (χ1v) is 7.61. The zero-order valence-corrected chi connectivity index (χ0v) is 12.6. The quantitative estimate of drug-likeness (QED) is 0.875. The van der Waals surface area contributed by atoms with E-state index in [1.54, 1.807) is 0 Å². The smallest absolute Gasteiger partial charge is 0.307 e.